The molecule has 0 radical (unpaired) electrons. The molecule has 8 nitrogen and oxygen atoms in total. The molecule has 3 aromatic carbocycles. The van der Waals surface area contributed by atoms with E-state index in [1.54, 1.807) is 54.2 Å². The summed E-state index contributed by atoms with van der Waals surface area (Å²) in [4.78, 5) is 25.5. The summed E-state index contributed by atoms with van der Waals surface area (Å²) in [5, 5.41) is 22.4. The second-order valence-corrected chi connectivity index (χ2v) is 10.6. The van der Waals surface area contributed by atoms with Gasteiger partial charge in [-0.05, 0) is 83.6 Å². The van der Waals surface area contributed by atoms with Crippen LogP contribution in [0.3, 0.4) is 0 Å². The molecule has 0 fully saturated rings. The number of anilines is 1. The van der Waals surface area contributed by atoms with Crippen LogP contribution in [0.2, 0.25) is 0 Å². The van der Waals surface area contributed by atoms with Crippen molar-refractivity contribution in [2.75, 3.05) is 11.6 Å². The van der Waals surface area contributed by atoms with Gasteiger partial charge < -0.3 is 14.6 Å². The van der Waals surface area contributed by atoms with Gasteiger partial charge in [-0.3, -0.25) is 15.3 Å². The molecule has 0 spiro atoms. The lowest BCUT2D eigenvalue weighted by molar-refractivity contribution is -0.124. The maximum absolute atomic E-state index is 13.1. The Balaban J connectivity index is 1.94. The van der Waals surface area contributed by atoms with Crippen LogP contribution in [-0.2, 0) is 9.53 Å². The Morgan fingerprint density at radius 1 is 1.08 bits per heavy atom. The number of halogens is 2. The van der Waals surface area contributed by atoms with Crippen LogP contribution in [0.5, 0.6) is 11.5 Å². The number of para-hydroxylation sites is 1. The molecule has 3 rings (SSSR count). The van der Waals surface area contributed by atoms with Crippen molar-refractivity contribution in [1.29, 1.82) is 0 Å². The van der Waals surface area contributed by atoms with Gasteiger partial charge in [0.2, 0.25) is 0 Å². The van der Waals surface area contributed by atoms with E-state index in [2.05, 4.69) is 37.2 Å². The Hall–Kier alpha value is -2.99. The first kappa shape index (κ1) is 29.6. The van der Waals surface area contributed by atoms with Crippen LogP contribution < -0.4 is 15.5 Å². The van der Waals surface area contributed by atoms with Gasteiger partial charge in [0.15, 0.2) is 6.10 Å². The number of benzene rings is 3. The maximum atomic E-state index is 13.1. The number of amides is 2. The number of allylic oxidation sites excluding steroid dienone is 1. The van der Waals surface area contributed by atoms with E-state index in [0.717, 1.165) is 4.90 Å². The predicted octanol–water partition coefficient (Wildman–Crippen LogP) is 7.22. The van der Waals surface area contributed by atoms with E-state index in [1.165, 1.54) is 11.6 Å². The van der Waals surface area contributed by atoms with E-state index in [4.69, 9.17) is 14.7 Å². The molecule has 2 atom stereocenters. The maximum Gasteiger partial charge on any atom is 0.412 e. The van der Waals surface area contributed by atoms with E-state index in [-0.39, 0.29) is 5.75 Å². The summed E-state index contributed by atoms with van der Waals surface area (Å²) in [6.07, 6.45) is 2.81. The Morgan fingerprint density at radius 2 is 1.79 bits per heavy atom. The minimum absolute atomic E-state index is 0.104. The van der Waals surface area contributed by atoms with Crippen molar-refractivity contribution in [3.63, 3.8) is 0 Å². The first-order chi connectivity index (χ1) is 18.3. The summed E-state index contributed by atoms with van der Waals surface area (Å²) in [6.45, 7) is 0. The average molecular weight is 666 g/mol. The van der Waals surface area contributed by atoms with Gasteiger partial charge in [0.1, 0.15) is 17.6 Å². The SMILES string of the molecule is CSc1ccc(NC(=O)O[C@H](c2cc(Br)cc(Br)c2O)[C@@H](CC/C=C/C(=O)NO)Oc2ccccc2)cc1. The number of thioether (sulfide) groups is 1. The average Bonchev–Trinajstić information content (AvgIpc) is 2.92. The lowest BCUT2D eigenvalue weighted by Gasteiger charge is -2.29. The molecule has 11 heteroatoms. The molecule has 0 aliphatic heterocycles. The normalized spacial score (nSPS) is 12.5. The minimum atomic E-state index is -1.05. The smallest absolute Gasteiger partial charge is 0.412 e. The number of carbonyl (C=O) groups excluding carboxylic acids is 2. The number of phenols is 1. The number of aromatic hydroxyl groups is 1. The van der Waals surface area contributed by atoms with Crippen LogP contribution in [0.25, 0.3) is 0 Å². The summed E-state index contributed by atoms with van der Waals surface area (Å²) < 4.78 is 13.2. The fourth-order valence-corrected chi connectivity index (χ4v) is 5.18. The number of phenolic OH excluding ortho intramolecular Hbond substituents is 1. The molecule has 0 unspecified atom stereocenters. The molecule has 4 N–H and O–H groups in total. The van der Waals surface area contributed by atoms with Crippen molar-refractivity contribution in [1.82, 2.24) is 5.48 Å². The zero-order chi connectivity index (χ0) is 27.5. The molecule has 0 heterocycles. The predicted molar refractivity (Wildman–Crippen MR) is 154 cm³/mol. The third-order valence-electron chi connectivity index (χ3n) is 5.30. The number of rotatable bonds is 11. The number of hydroxylamine groups is 1. The van der Waals surface area contributed by atoms with Gasteiger partial charge in [-0.15, -0.1) is 11.8 Å². The first-order valence-electron chi connectivity index (χ1n) is 11.4. The van der Waals surface area contributed by atoms with Crippen LogP contribution in [0.1, 0.15) is 24.5 Å². The van der Waals surface area contributed by atoms with Gasteiger partial charge in [0.05, 0.1) is 4.47 Å². The van der Waals surface area contributed by atoms with Crippen LogP contribution >= 0.6 is 43.6 Å². The lowest BCUT2D eigenvalue weighted by atomic mass is 9.99. The third kappa shape index (κ3) is 8.80. The highest BCUT2D eigenvalue weighted by atomic mass is 79.9. The Labute approximate surface area is 241 Å². The molecule has 38 heavy (non-hydrogen) atoms. The van der Waals surface area contributed by atoms with Crippen LogP contribution in [0, 0.1) is 0 Å². The van der Waals surface area contributed by atoms with Crippen LogP contribution in [0.4, 0.5) is 10.5 Å². The molecule has 3 aromatic rings. The highest BCUT2D eigenvalue weighted by Crippen LogP contribution is 2.40. The van der Waals surface area contributed by atoms with Crippen molar-refractivity contribution < 1.29 is 29.4 Å². The van der Waals surface area contributed by atoms with Gasteiger partial charge in [-0.25, -0.2) is 10.3 Å². The number of nitrogens with one attached hydrogen (secondary N) is 2. The van der Waals surface area contributed by atoms with E-state index >= 15 is 0 Å². The molecule has 200 valence electrons. The second kappa shape index (κ2) is 14.8. The molecule has 2 amide bonds. The summed E-state index contributed by atoms with van der Waals surface area (Å²) >= 11 is 8.36. The summed E-state index contributed by atoms with van der Waals surface area (Å²) in [5.74, 6) is -0.240. The molecule has 0 saturated carbocycles. The third-order valence-corrected chi connectivity index (χ3v) is 7.11. The molecular formula is C27H26Br2N2O6S. The first-order valence-corrected chi connectivity index (χ1v) is 14.2. The molecule has 0 aliphatic rings. The second-order valence-electron chi connectivity index (χ2n) is 7.93. The standard InChI is InChI=1S/C27H26Br2N2O6S/c1-38-20-13-11-18(12-14-20)30-27(34)37-26(21-15-17(28)16-22(29)25(21)33)23(9-5-6-10-24(32)31-35)36-19-7-3-2-4-8-19/h2-4,6-8,10-16,23,26,33,35H,5,9H2,1H3,(H,30,34)(H,31,32)/b10-6+/t23-,26-/m1/s1. The molecular weight excluding hydrogens is 640 g/mol. The van der Waals surface area contributed by atoms with Gasteiger partial charge in [-0.2, -0.15) is 0 Å². The molecule has 0 aliphatic carbocycles. The monoisotopic (exact) mass is 664 g/mol. The topological polar surface area (TPSA) is 117 Å². The lowest BCUT2D eigenvalue weighted by Crippen LogP contribution is -2.31. The number of hydrogen-bond acceptors (Lipinski definition) is 7. The summed E-state index contributed by atoms with van der Waals surface area (Å²) in [5.41, 5.74) is 2.40. The van der Waals surface area contributed by atoms with Crippen molar-refractivity contribution >= 4 is 61.3 Å². The van der Waals surface area contributed by atoms with Crippen molar-refractivity contribution in [3.8, 4) is 11.5 Å². The van der Waals surface area contributed by atoms with Gasteiger partial charge in [-0.1, -0.05) is 40.2 Å². The van der Waals surface area contributed by atoms with Crippen LogP contribution in [-0.4, -0.2) is 34.7 Å². The Kier molecular flexibility index (Phi) is 11.5. The zero-order valence-electron chi connectivity index (χ0n) is 20.3. The number of hydrogen-bond donors (Lipinski definition) is 4. The van der Waals surface area contributed by atoms with Crippen molar-refractivity contribution in [3.05, 3.63) is 93.4 Å². The Bertz CT molecular complexity index is 1260. The van der Waals surface area contributed by atoms with E-state index in [9.17, 15) is 14.7 Å². The minimum Gasteiger partial charge on any atom is -0.506 e. The molecule has 0 bridgehead atoms. The zero-order valence-corrected chi connectivity index (χ0v) is 24.3. The number of ether oxygens (including phenoxy) is 2. The van der Waals surface area contributed by atoms with Gasteiger partial charge in [0, 0.05) is 26.7 Å². The van der Waals surface area contributed by atoms with Crippen molar-refractivity contribution in [2.24, 2.45) is 0 Å². The highest BCUT2D eigenvalue weighted by molar-refractivity contribution is 9.11. The summed E-state index contributed by atoms with van der Waals surface area (Å²) in [6, 6.07) is 19.6. The number of carbonyl (C=O) groups is 2. The van der Waals surface area contributed by atoms with E-state index in [1.807, 2.05) is 36.6 Å². The summed E-state index contributed by atoms with van der Waals surface area (Å²) in [7, 11) is 0. The van der Waals surface area contributed by atoms with Crippen LogP contribution in [0.15, 0.2) is 92.7 Å². The fourth-order valence-electron chi connectivity index (χ4n) is 3.51. The van der Waals surface area contributed by atoms with Crippen molar-refractivity contribution in [2.45, 2.75) is 29.9 Å². The Morgan fingerprint density at radius 3 is 2.45 bits per heavy atom. The quantitative estimate of drug-likeness (QED) is 0.0740. The van der Waals surface area contributed by atoms with E-state index < -0.39 is 24.2 Å². The van der Waals surface area contributed by atoms with Gasteiger partial charge in [0.25, 0.3) is 5.91 Å². The van der Waals surface area contributed by atoms with Gasteiger partial charge >= 0.3 is 6.09 Å². The molecule has 0 saturated heterocycles. The highest BCUT2D eigenvalue weighted by Gasteiger charge is 2.32. The molecule has 0 aromatic heterocycles. The van der Waals surface area contributed by atoms with E-state index in [0.29, 0.717) is 38.8 Å². The fraction of sp³-hybridized carbons (Fsp3) is 0.185. The largest absolute Gasteiger partial charge is 0.506 e.